The minimum atomic E-state index is -3.84. The Balaban J connectivity index is 2.00. The largest absolute Gasteiger partial charge is 0.475 e. The molecule has 3 rings (SSSR count). The molecule has 2 saturated heterocycles. The number of nitrogens with zero attached hydrogens (tertiary/aromatic N) is 1. The van der Waals surface area contributed by atoms with E-state index in [0.717, 1.165) is 0 Å². The number of phosphoric acid groups is 1. The van der Waals surface area contributed by atoms with Crippen molar-refractivity contribution in [3.05, 3.63) is 33.1 Å². The molecular formula is C14H21N2O8P. The number of hydrogen-bond acceptors (Lipinski definition) is 8. The van der Waals surface area contributed by atoms with Gasteiger partial charge in [0.25, 0.3) is 5.56 Å². The molecule has 25 heavy (non-hydrogen) atoms. The van der Waals surface area contributed by atoms with E-state index < -0.39 is 37.0 Å². The minimum absolute atomic E-state index is 0.0472. The van der Waals surface area contributed by atoms with Gasteiger partial charge in [-0.15, -0.1) is 0 Å². The van der Waals surface area contributed by atoms with E-state index in [-0.39, 0.29) is 12.7 Å². The van der Waals surface area contributed by atoms with Crippen molar-refractivity contribution >= 4 is 7.82 Å². The fraction of sp³-hybridized carbons (Fsp3) is 0.714. The van der Waals surface area contributed by atoms with Gasteiger partial charge in [0.05, 0.1) is 19.3 Å². The van der Waals surface area contributed by atoms with Crippen LogP contribution in [-0.2, 0) is 33.3 Å². The van der Waals surface area contributed by atoms with E-state index in [0.29, 0.717) is 13.0 Å². The Kier molecular flexibility index (Phi) is 5.02. The van der Waals surface area contributed by atoms with Crippen molar-refractivity contribution in [3.8, 4) is 0 Å². The molecule has 0 bridgehead atoms. The Hall–Kier alpha value is -1.29. The number of rotatable bonds is 5. The fourth-order valence-electron chi connectivity index (χ4n) is 2.95. The van der Waals surface area contributed by atoms with E-state index in [1.54, 1.807) is 13.8 Å². The van der Waals surface area contributed by atoms with Gasteiger partial charge >= 0.3 is 13.5 Å². The molecule has 1 N–H and O–H groups in total. The quantitative estimate of drug-likeness (QED) is 0.741. The Labute approximate surface area is 143 Å². The molecule has 0 amide bonds. The molecule has 0 saturated carbocycles. The van der Waals surface area contributed by atoms with Crippen LogP contribution in [0.15, 0.2) is 21.9 Å². The topological polar surface area (TPSA) is 118 Å². The fourth-order valence-corrected chi connectivity index (χ4v) is 4.54. The van der Waals surface area contributed by atoms with Gasteiger partial charge in [0.15, 0.2) is 5.72 Å². The number of ether oxygens (including phenoxy) is 2. The summed E-state index contributed by atoms with van der Waals surface area (Å²) in [6, 6.07) is 1.20. The maximum Gasteiger partial charge on any atom is 0.475 e. The molecule has 1 unspecified atom stereocenters. The molecule has 10 nitrogen and oxygen atoms in total. The summed E-state index contributed by atoms with van der Waals surface area (Å²) in [7, 11) is -2.39. The average molecular weight is 376 g/mol. The molecule has 3 heterocycles. The highest BCUT2D eigenvalue weighted by atomic mass is 31.2. The molecule has 1 aromatic heterocycles. The van der Waals surface area contributed by atoms with Crippen molar-refractivity contribution in [2.24, 2.45) is 0 Å². The van der Waals surface area contributed by atoms with E-state index in [9.17, 15) is 14.2 Å². The first-order valence-corrected chi connectivity index (χ1v) is 9.36. The molecule has 2 aliphatic heterocycles. The molecular weight excluding hydrogens is 355 g/mol. The van der Waals surface area contributed by atoms with Gasteiger partial charge in [0.2, 0.25) is 0 Å². The van der Waals surface area contributed by atoms with Gasteiger partial charge in [-0.2, -0.15) is 0 Å². The lowest BCUT2D eigenvalue weighted by Gasteiger charge is -2.51. The summed E-state index contributed by atoms with van der Waals surface area (Å²) in [6.07, 6.45) is -0.226. The van der Waals surface area contributed by atoms with Crippen LogP contribution in [0.5, 0.6) is 0 Å². The second-order valence-electron chi connectivity index (χ2n) is 6.12. The van der Waals surface area contributed by atoms with Crippen LogP contribution in [0.2, 0.25) is 0 Å². The smallest absolute Gasteiger partial charge is 0.376 e. The molecule has 0 aromatic carbocycles. The number of methoxy groups -OCH3 is 1. The lowest BCUT2D eigenvalue weighted by atomic mass is 9.93. The SMILES string of the molecule is CO[C@@H]1COP(=O)(OC(C)C)O[C@H]1[C@@]1(n2ccc(=O)[nH]c2=O)CCO1. The Bertz CT molecular complexity index is 784. The molecule has 2 fully saturated rings. The predicted octanol–water partition coefficient (Wildman–Crippen LogP) is 0.573. The normalized spacial score (nSPS) is 35.5. The highest BCUT2D eigenvalue weighted by Gasteiger charge is 2.58. The third-order valence-corrected chi connectivity index (χ3v) is 5.74. The van der Waals surface area contributed by atoms with Gasteiger partial charge in [-0.05, 0) is 13.8 Å². The summed E-state index contributed by atoms with van der Waals surface area (Å²) in [5, 5.41) is 0. The van der Waals surface area contributed by atoms with Crippen LogP contribution in [0.3, 0.4) is 0 Å². The number of aromatic amines is 1. The number of nitrogens with one attached hydrogen (secondary N) is 1. The van der Waals surface area contributed by atoms with Crippen molar-refractivity contribution in [3.63, 3.8) is 0 Å². The monoisotopic (exact) mass is 376 g/mol. The van der Waals surface area contributed by atoms with E-state index in [2.05, 4.69) is 4.98 Å². The van der Waals surface area contributed by atoms with Crippen molar-refractivity contribution in [2.75, 3.05) is 20.3 Å². The lowest BCUT2D eigenvalue weighted by Crippen LogP contribution is -2.64. The molecule has 0 spiro atoms. The zero-order valence-electron chi connectivity index (χ0n) is 14.2. The number of hydrogen-bond donors (Lipinski definition) is 1. The van der Waals surface area contributed by atoms with Crippen molar-refractivity contribution in [1.29, 1.82) is 0 Å². The van der Waals surface area contributed by atoms with Crippen LogP contribution in [0, 0.1) is 0 Å². The molecule has 11 heteroatoms. The van der Waals surface area contributed by atoms with Gasteiger partial charge in [-0.3, -0.25) is 27.9 Å². The van der Waals surface area contributed by atoms with Gasteiger partial charge in [0, 0.05) is 25.8 Å². The Morgan fingerprint density at radius 1 is 1.44 bits per heavy atom. The molecule has 4 atom stereocenters. The maximum absolute atomic E-state index is 12.7. The van der Waals surface area contributed by atoms with Crippen molar-refractivity contribution in [1.82, 2.24) is 9.55 Å². The third-order valence-electron chi connectivity index (χ3n) is 4.11. The van der Waals surface area contributed by atoms with Crippen molar-refractivity contribution < 1.29 is 27.6 Å². The summed E-state index contributed by atoms with van der Waals surface area (Å²) >= 11 is 0. The first-order chi connectivity index (χ1) is 11.8. The van der Waals surface area contributed by atoms with Crippen LogP contribution in [0.1, 0.15) is 20.3 Å². The number of aromatic nitrogens is 2. The standard InChI is InChI=1S/C14H21N2O8P/c1-9(2)23-25(19)22-8-10(20-3)12(24-25)14(5-7-21-14)16-6-4-11(17)15-13(16)18/h4,6,9-10,12H,5,7-8H2,1-3H3,(H,15,17,18)/t10-,12-,14-,25?/m1/s1. The predicted molar refractivity (Wildman–Crippen MR) is 85.3 cm³/mol. The van der Waals surface area contributed by atoms with E-state index in [1.807, 2.05) is 0 Å². The zero-order valence-corrected chi connectivity index (χ0v) is 15.1. The van der Waals surface area contributed by atoms with Crippen molar-refractivity contribution in [2.45, 2.75) is 44.3 Å². The Morgan fingerprint density at radius 3 is 2.68 bits per heavy atom. The highest BCUT2D eigenvalue weighted by Crippen LogP contribution is 2.58. The van der Waals surface area contributed by atoms with Gasteiger partial charge in [-0.25, -0.2) is 9.36 Å². The van der Waals surface area contributed by atoms with Gasteiger partial charge in [-0.1, -0.05) is 0 Å². The first kappa shape index (κ1) is 18.5. The van der Waals surface area contributed by atoms with Crippen LogP contribution < -0.4 is 11.2 Å². The van der Waals surface area contributed by atoms with E-state index >= 15 is 0 Å². The summed E-state index contributed by atoms with van der Waals surface area (Å²) in [6.45, 7) is 3.73. The summed E-state index contributed by atoms with van der Waals surface area (Å²) in [4.78, 5) is 25.8. The molecule has 0 radical (unpaired) electrons. The molecule has 0 aliphatic carbocycles. The van der Waals surface area contributed by atoms with Gasteiger partial charge in [0.1, 0.15) is 12.2 Å². The van der Waals surface area contributed by atoms with Crippen LogP contribution in [0.4, 0.5) is 0 Å². The van der Waals surface area contributed by atoms with Crippen LogP contribution in [-0.4, -0.2) is 48.2 Å². The third kappa shape index (κ3) is 3.38. The van der Waals surface area contributed by atoms with E-state index in [4.69, 9.17) is 23.0 Å². The first-order valence-electron chi connectivity index (χ1n) is 7.90. The number of phosphoric ester groups is 1. The summed E-state index contributed by atoms with van der Waals surface area (Å²) < 4.78 is 41.2. The zero-order chi connectivity index (χ0) is 18.2. The minimum Gasteiger partial charge on any atom is -0.376 e. The second-order valence-corrected chi connectivity index (χ2v) is 7.69. The molecule has 140 valence electrons. The summed E-state index contributed by atoms with van der Waals surface area (Å²) in [5.41, 5.74) is -2.45. The van der Waals surface area contributed by atoms with Gasteiger partial charge < -0.3 is 9.47 Å². The second kappa shape index (κ2) is 6.79. The van der Waals surface area contributed by atoms with E-state index in [1.165, 1.54) is 23.9 Å². The number of H-pyrrole nitrogens is 1. The molecule has 1 aromatic rings. The highest BCUT2D eigenvalue weighted by molar-refractivity contribution is 7.48. The average Bonchev–Trinajstić information content (AvgIpc) is 2.47. The Morgan fingerprint density at radius 2 is 2.16 bits per heavy atom. The molecule has 2 aliphatic rings. The summed E-state index contributed by atoms with van der Waals surface area (Å²) in [5.74, 6) is 0. The van der Waals surface area contributed by atoms with Crippen LogP contribution in [0.25, 0.3) is 0 Å². The van der Waals surface area contributed by atoms with Crippen LogP contribution >= 0.6 is 7.82 Å². The maximum atomic E-state index is 12.7. The lowest BCUT2D eigenvalue weighted by molar-refractivity contribution is -0.286.